The molecule has 1 atom stereocenters. The first-order valence-corrected chi connectivity index (χ1v) is 14.7. The lowest BCUT2D eigenvalue weighted by Gasteiger charge is -2.32. The number of nitrogens with one attached hydrogen (secondary N) is 1. The molecule has 0 saturated heterocycles. The van der Waals surface area contributed by atoms with E-state index < -0.39 is 21.6 Å². The van der Waals surface area contributed by atoms with Gasteiger partial charge in [0.2, 0.25) is 28.6 Å². The first-order chi connectivity index (χ1) is 17.7. The molecular formula is C26H33Cl2N3O6S. The Morgan fingerprint density at radius 2 is 1.74 bits per heavy atom. The predicted molar refractivity (Wildman–Crippen MR) is 148 cm³/mol. The van der Waals surface area contributed by atoms with Gasteiger partial charge in [0.1, 0.15) is 6.04 Å². The van der Waals surface area contributed by atoms with Gasteiger partial charge in [-0.3, -0.25) is 13.9 Å². The van der Waals surface area contributed by atoms with Crippen LogP contribution in [0, 0.1) is 0 Å². The minimum absolute atomic E-state index is 0.0189. The molecule has 0 spiro atoms. The number of amides is 2. The second-order valence-electron chi connectivity index (χ2n) is 10.2. The minimum atomic E-state index is -3.64. The lowest BCUT2D eigenvalue weighted by atomic mass is 10.1. The van der Waals surface area contributed by atoms with Crippen LogP contribution in [0.15, 0.2) is 36.4 Å². The van der Waals surface area contributed by atoms with Crippen molar-refractivity contribution in [2.45, 2.75) is 58.7 Å². The number of sulfonamides is 1. The van der Waals surface area contributed by atoms with Crippen LogP contribution in [0.2, 0.25) is 10.0 Å². The van der Waals surface area contributed by atoms with Crippen molar-refractivity contribution in [3.05, 3.63) is 52.0 Å². The number of benzene rings is 2. The lowest BCUT2D eigenvalue weighted by molar-refractivity contribution is -0.141. The van der Waals surface area contributed by atoms with Crippen molar-refractivity contribution < 1.29 is 27.5 Å². The van der Waals surface area contributed by atoms with Crippen LogP contribution in [-0.4, -0.2) is 56.3 Å². The van der Waals surface area contributed by atoms with Crippen molar-refractivity contribution >= 4 is 50.7 Å². The number of fused-ring (bicyclic) bond motifs is 1. The van der Waals surface area contributed by atoms with Gasteiger partial charge in [-0.15, -0.1) is 0 Å². The molecule has 9 nitrogen and oxygen atoms in total. The van der Waals surface area contributed by atoms with Crippen molar-refractivity contribution in [1.29, 1.82) is 0 Å². The Kier molecular flexibility index (Phi) is 9.43. The van der Waals surface area contributed by atoms with Crippen molar-refractivity contribution in [2.75, 3.05) is 23.9 Å². The van der Waals surface area contributed by atoms with Gasteiger partial charge in [0.05, 0.1) is 22.0 Å². The van der Waals surface area contributed by atoms with Gasteiger partial charge in [0, 0.05) is 31.1 Å². The average molecular weight is 587 g/mol. The number of anilines is 1. The van der Waals surface area contributed by atoms with E-state index in [-0.39, 0.29) is 44.5 Å². The normalized spacial score (nSPS) is 13.7. The molecule has 3 rings (SSSR count). The topological polar surface area (TPSA) is 105 Å². The number of halogens is 2. The van der Waals surface area contributed by atoms with Crippen LogP contribution in [0.3, 0.4) is 0 Å². The summed E-state index contributed by atoms with van der Waals surface area (Å²) in [4.78, 5) is 27.8. The summed E-state index contributed by atoms with van der Waals surface area (Å²) in [7, 11) is -3.64. The zero-order valence-corrected chi connectivity index (χ0v) is 24.4. The number of ether oxygens (including phenoxy) is 2. The van der Waals surface area contributed by atoms with E-state index in [4.69, 9.17) is 32.7 Å². The molecule has 0 aromatic heterocycles. The van der Waals surface area contributed by atoms with Crippen molar-refractivity contribution in [3.63, 3.8) is 0 Å². The zero-order valence-electron chi connectivity index (χ0n) is 22.1. The highest BCUT2D eigenvalue weighted by Crippen LogP contribution is 2.36. The number of rotatable bonds is 10. The molecule has 2 aromatic carbocycles. The largest absolute Gasteiger partial charge is 0.454 e. The van der Waals surface area contributed by atoms with Gasteiger partial charge in [-0.05, 0) is 63.9 Å². The van der Waals surface area contributed by atoms with Crippen LogP contribution in [0.25, 0.3) is 0 Å². The molecule has 1 N–H and O–H groups in total. The summed E-state index contributed by atoms with van der Waals surface area (Å²) in [6.07, 6.45) is 1.35. The van der Waals surface area contributed by atoms with Crippen LogP contribution in [0.1, 0.15) is 46.1 Å². The van der Waals surface area contributed by atoms with E-state index in [1.54, 1.807) is 43.3 Å². The third kappa shape index (κ3) is 7.91. The molecule has 208 valence electrons. The summed E-state index contributed by atoms with van der Waals surface area (Å²) >= 11 is 12.2. The number of hydrogen-bond donors (Lipinski definition) is 1. The highest BCUT2D eigenvalue weighted by atomic mass is 35.5. The van der Waals surface area contributed by atoms with Crippen LogP contribution in [0.4, 0.5) is 5.69 Å². The second kappa shape index (κ2) is 12.0. The first-order valence-electron chi connectivity index (χ1n) is 12.1. The van der Waals surface area contributed by atoms with E-state index >= 15 is 0 Å². The summed E-state index contributed by atoms with van der Waals surface area (Å²) in [5.41, 5.74) is 0.639. The quantitative estimate of drug-likeness (QED) is 0.437. The molecule has 0 bridgehead atoms. The fraction of sp³-hybridized carbons (Fsp3) is 0.462. The number of nitrogens with zero attached hydrogens (tertiary/aromatic N) is 2. The standard InChI is InChI=1S/C26H33Cl2N3O6S/c1-17(25(33)29-26(2,3)4)30(15-18-8-10-20(27)21(28)13-18)24(32)7-6-12-31(38(5,34)35)19-9-11-22-23(14-19)37-16-36-22/h8-11,13-14,17H,6-7,12,15-16H2,1-5H3,(H,29,33). The third-order valence-electron chi connectivity index (χ3n) is 5.80. The van der Waals surface area contributed by atoms with Gasteiger partial charge in [-0.1, -0.05) is 29.3 Å². The molecule has 38 heavy (non-hydrogen) atoms. The van der Waals surface area contributed by atoms with Gasteiger partial charge >= 0.3 is 0 Å². The Morgan fingerprint density at radius 1 is 1.05 bits per heavy atom. The highest BCUT2D eigenvalue weighted by molar-refractivity contribution is 7.92. The lowest BCUT2D eigenvalue weighted by Crippen LogP contribution is -2.52. The minimum Gasteiger partial charge on any atom is -0.454 e. The summed E-state index contributed by atoms with van der Waals surface area (Å²) in [6.45, 7) is 7.50. The smallest absolute Gasteiger partial charge is 0.242 e. The van der Waals surface area contributed by atoms with Gasteiger partial charge < -0.3 is 19.7 Å². The molecular weight excluding hydrogens is 553 g/mol. The fourth-order valence-corrected chi connectivity index (χ4v) is 5.21. The molecule has 1 aliphatic rings. The van der Waals surface area contributed by atoms with Gasteiger partial charge in [0.25, 0.3) is 0 Å². The van der Waals surface area contributed by atoms with E-state index in [0.717, 1.165) is 6.26 Å². The van der Waals surface area contributed by atoms with Crippen LogP contribution in [0.5, 0.6) is 11.5 Å². The average Bonchev–Trinajstić information content (AvgIpc) is 3.28. The summed E-state index contributed by atoms with van der Waals surface area (Å²) in [5.74, 6) is 0.396. The number of carbonyl (C=O) groups excluding carboxylic acids is 2. The van der Waals surface area contributed by atoms with Gasteiger partial charge in [-0.2, -0.15) is 0 Å². The second-order valence-corrected chi connectivity index (χ2v) is 12.9. The van der Waals surface area contributed by atoms with Gasteiger partial charge in [0.15, 0.2) is 11.5 Å². The van der Waals surface area contributed by atoms with Crippen molar-refractivity contribution in [3.8, 4) is 11.5 Å². The Morgan fingerprint density at radius 3 is 2.37 bits per heavy atom. The van der Waals surface area contributed by atoms with Crippen LogP contribution in [-0.2, 0) is 26.2 Å². The molecule has 0 saturated carbocycles. The number of hydrogen-bond acceptors (Lipinski definition) is 6. The third-order valence-corrected chi connectivity index (χ3v) is 7.73. The summed E-state index contributed by atoms with van der Waals surface area (Å²) < 4.78 is 37.0. The molecule has 2 amide bonds. The molecule has 12 heteroatoms. The molecule has 0 fully saturated rings. The summed E-state index contributed by atoms with van der Waals surface area (Å²) in [5, 5.41) is 3.64. The Labute approximate surface area is 234 Å². The van der Waals surface area contributed by atoms with Crippen molar-refractivity contribution in [1.82, 2.24) is 10.2 Å². The van der Waals surface area contributed by atoms with E-state index in [1.165, 1.54) is 9.21 Å². The highest BCUT2D eigenvalue weighted by Gasteiger charge is 2.29. The molecule has 0 radical (unpaired) electrons. The predicted octanol–water partition coefficient (Wildman–Crippen LogP) is 4.60. The molecule has 1 unspecified atom stereocenters. The maximum atomic E-state index is 13.4. The van der Waals surface area contributed by atoms with Gasteiger partial charge in [-0.25, -0.2) is 8.42 Å². The summed E-state index contributed by atoms with van der Waals surface area (Å²) in [6, 6.07) is 9.13. The van der Waals surface area contributed by atoms with E-state index in [9.17, 15) is 18.0 Å². The molecule has 2 aromatic rings. The molecule has 1 heterocycles. The first kappa shape index (κ1) is 29.9. The SMILES string of the molecule is CC(C(=O)NC(C)(C)C)N(Cc1ccc(Cl)c(Cl)c1)C(=O)CCCN(c1ccc2c(c1)OCO2)S(C)(=O)=O. The Hall–Kier alpha value is -2.69. The fourth-order valence-electron chi connectivity index (χ4n) is 3.94. The Bertz CT molecular complexity index is 1300. The number of carbonyl (C=O) groups is 2. The van der Waals surface area contributed by atoms with Crippen LogP contribution < -0.4 is 19.1 Å². The Balaban J connectivity index is 1.76. The monoisotopic (exact) mass is 585 g/mol. The maximum absolute atomic E-state index is 13.4. The van der Waals surface area contributed by atoms with E-state index in [2.05, 4.69) is 5.32 Å². The van der Waals surface area contributed by atoms with Crippen molar-refractivity contribution in [2.24, 2.45) is 0 Å². The maximum Gasteiger partial charge on any atom is 0.242 e. The zero-order chi connectivity index (χ0) is 28.3. The van der Waals surface area contributed by atoms with E-state index in [1.807, 2.05) is 20.8 Å². The molecule has 1 aliphatic heterocycles. The van der Waals surface area contributed by atoms with Crippen LogP contribution >= 0.6 is 23.2 Å². The van der Waals surface area contributed by atoms with E-state index in [0.29, 0.717) is 32.8 Å². The molecule has 0 aliphatic carbocycles.